The van der Waals surface area contributed by atoms with Gasteiger partial charge in [-0.25, -0.2) is 0 Å². The van der Waals surface area contributed by atoms with E-state index < -0.39 is 0 Å². The molecule has 0 amide bonds. The highest BCUT2D eigenvalue weighted by molar-refractivity contribution is 6.08. The van der Waals surface area contributed by atoms with Crippen LogP contribution in [0.5, 0.6) is 5.75 Å². The number of Topliss-reactive ketones (excluding diaryl/α,β-unsaturated/α-hetero) is 1. The number of rotatable bonds is 4. The van der Waals surface area contributed by atoms with E-state index in [9.17, 15) is 9.90 Å². The molecule has 2 aromatic rings. The van der Waals surface area contributed by atoms with E-state index in [2.05, 4.69) is 13.8 Å². The Morgan fingerprint density at radius 2 is 1.96 bits per heavy atom. The Balaban J connectivity index is 1.84. The van der Waals surface area contributed by atoms with Crippen LogP contribution < -0.4 is 0 Å². The molecular formula is C22H26O2. The van der Waals surface area contributed by atoms with Crippen molar-refractivity contribution in [1.29, 1.82) is 0 Å². The van der Waals surface area contributed by atoms with Crippen molar-refractivity contribution in [3.63, 3.8) is 0 Å². The Morgan fingerprint density at radius 3 is 2.71 bits per heavy atom. The molecule has 4 atom stereocenters. The summed E-state index contributed by atoms with van der Waals surface area (Å²) in [6.07, 6.45) is 5.61. The van der Waals surface area contributed by atoms with E-state index >= 15 is 0 Å². The fourth-order valence-electron chi connectivity index (χ4n) is 6.02. The Morgan fingerprint density at radius 1 is 1.17 bits per heavy atom. The Labute approximate surface area is 143 Å². The molecule has 2 aliphatic carbocycles. The molecule has 2 bridgehead atoms. The number of benzene rings is 2. The molecule has 4 rings (SSSR count). The van der Waals surface area contributed by atoms with Crippen molar-refractivity contribution >= 4 is 16.6 Å². The summed E-state index contributed by atoms with van der Waals surface area (Å²) < 4.78 is 0. The quantitative estimate of drug-likeness (QED) is 0.746. The summed E-state index contributed by atoms with van der Waals surface area (Å²) in [5.74, 6) is 2.03. The average Bonchev–Trinajstić information content (AvgIpc) is 3.21. The Hall–Kier alpha value is -1.83. The monoisotopic (exact) mass is 322 g/mol. The van der Waals surface area contributed by atoms with Gasteiger partial charge in [-0.05, 0) is 54.9 Å². The van der Waals surface area contributed by atoms with Crippen LogP contribution in [0.3, 0.4) is 0 Å². The molecule has 2 fully saturated rings. The molecule has 24 heavy (non-hydrogen) atoms. The maximum atomic E-state index is 13.7. The van der Waals surface area contributed by atoms with E-state index in [0.717, 1.165) is 23.6 Å². The van der Waals surface area contributed by atoms with E-state index in [1.807, 2.05) is 36.4 Å². The number of aromatic hydroxyl groups is 1. The molecule has 126 valence electrons. The second-order valence-electron chi connectivity index (χ2n) is 7.69. The fourth-order valence-corrected chi connectivity index (χ4v) is 6.02. The summed E-state index contributed by atoms with van der Waals surface area (Å²) in [5.41, 5.74) is 0.263. The van der Waals surface area contributed by atoms with E-state index in [0.29, 0.717) is 23.3 Å². The SMILES string of the molecule is CCC1C2CCC(C2)C1(CC)C(=O)c1ccc2ccccc2c1O. The van der Waals surface area contributed by atoms with Gasteiger partial charge in [-0.2, -0.15) is 0 Å². The predicted octanol–water partition coefficient (Wildman–Crippen LogP) is 5.58. The lowest BCUT2D eigenvalue weighted by atomic mass is 9.60. The van der Waals surface area contributed by atoms with Gasteiger partial charge < -0.3 is 5.11 Å². The topological polar surface area (TPSA) is 37.3 Å². The van der Waals surface area contributed by atoms with Crippen molar-refractivity contribution < 1.29 is 9.90 Å². The van der Waals surface area contributed by atoms with Gasteiger partial charge >= 0.3 is 0 Å². The first-order valence-corrected chi connectivity index (χ1v) is 9.39. The maximum Gasteiger partial charge on any atom is 0.173 e. The number of carbonyl (C=O) groups excluding carboxylic acids is 1. The molecule has 0 heterocycles. The molecule has 2 aliphatic rings. The summed E-state index contributed by atoms with van der Waals surface area (Å²) in [4.78, 5) is 13.7. The summed E-state index contributed by atoms with van der Waals surface area (Å²) >= 11 is 0. The van der Waals surface area contributed by atoms with Crippen LogP contribution in [-0.4, -0.2) is 10.9 Å². The average molecular weight is 322 g/mol. The van der Waals surface area contributed by atoms with Gasteiger partial charge in [0.15, 0.2) is 5.78 Å². The van der Waals surface area contributed by atoms with Crippen LogP contribution in [0.25, 0.3) is 10.8 Å². The van der Waals surface area contributed by atoms with Crippen LogP contribution in [0.1, 0.15) is 56.3 Å². The van der Waals surface area contributed by atoms with E-state index in [4.69, 9.17) is 0 Å². The predicted molar refractivity (Wildman–Crippen MR) is 97.3 cm³/mol. The number of ketones is 1. The molecule has 0 aliphatic heterocycles. The number of hydrogen-bond acceptors (Lipinski definition) is 2. The molecule has 0 spiro atoms. The molecule has 2 heteroatoms. The summed E-state index contributed by atoms with van der Waals surface area (Å²) in [6.45, 7) is 4.39. The highest BCUT2D eigenvalue weighted by atomic mass is 16.3. The molecule has 1 N–H and O–H groups in total. The molecule has 0 saturated heterocycles. The molecule has 4 unspecified atom stereocenters. The molecule has 2 saturated carbocycles. The molecule has 2 nitrogen and oxygen atoms in total. The van der Waals surface area contributed by atoms with Crippen LogP contribution in [0.4, 0.5) is 0 Å². The number of hydrogen-bond donors (Lipinski definition) is 1. The van der Waals surface area contributed by atoms with Crippen LogP contribution in [-0.2, 0) is 0 Å². The van der Waals surface area contributed by atoms with Crippen molar-refractivity contribution in [2.45, 2.75) is 46.0 Å². The normalized spacial score (nSPS) is 31.7. The van der Waals surface area contributed by atoms with Crippen molar-refractivity contribution in [3.8, 4) is 5.75 Å². The van der Waals surface area contributed by atoms with Crippen molar-refractivity contribution in [2.75, 3.05) is 0 Å². The van der Waals surface area contributed by atoms with Gasteiger partial charge in [-0.1, -0.05) is 50.6 Å². The van der Waals surface area contributed by atoms with Crippen LogP contribution >= 0.6 is 0 Å². The third-order valence-electron chi connectivity index (χ3n) is 7.03. The largest absolute Gasteiger partial charge is 0.507 e. The Bertz CT molecular complexity index is 794. The van der Waals surface area contributed by atoms with Crippen molar-refractivity contribution in [3.05, 3.63) is 42.0 Å². The van der Waals surface area contributed by atoms with Gasteiger partial charge in [0.25, 0.3) is 0 Å². The molecule has 0 radical (unpaired) electrons. The van der Waals surface area contributed by atoms with Gasteiger partial charge in [0.1, 0.15) is 5.75 Å². The van der Waals surface area contributed by atoms with E-state index in [1.54, 1.807) is 0 Å². The summed E-state index contributed by atoms with van der Waals surface area (Å²) in [5, 5.41) is 12.6. The number of carbonyl (C=O) groups is 1. The third kappa shape index (κ3) is 1.92. The Kier molecular flexibility index (Phi) is 3.67. The van der Waals surface area contributed by atoms with E-state index in [1.165, 1.54) is 19.3 Å². The summed E-state index contributed by atoms with van der Waals surface area (Å²) in [6, 6.07) is 11.6. The van der Waals surface area contributed by atoms with Gasteiger partial charge in [0.2, 0.25) is 0 Å². The number of fused-ring (bicyclic) bond motifs is 3. The lowest BCUT2D eigenvalue weighted by molar-refractivity contribution is 0.0441. The van der Waals surface area contributed by atoms with Gasteiger partial charge in [0.05, 0.1) is 5.56 Å². The minimum Gasteiger partial charge on any atom is -0.507 e. The number of phenols is 1. The summed E-state index contributed by atoms with van der Waals surface area (Å²) in [7, 11) is 0. The lowest BCUT2D eigenvalue weighted by Gasteiger charge is -2.42. The lowest BCUT2D eigenvalue weighted by Crippen LogP contribution is -2.43. The zero-order chi connectivity index (χ0) is 16.9. The number of phenolic OH excluding ortho intramolecular Hbond substituents is 1. The maximum absolute atomic E-state index is 13.7. The first-order valence-electron chi connectivity index (χ1n) is 9.39. The molecular weight excluding hydrogens is 296 g/mol. The highest BCUT2D eigenvalue weighted by Gasteiger charge is 2.60. The highest BCUT2D eigenvalue weighted by Crippen LogP contribution is 2.63. The second-order valence-corrected chi connectivity index (χ2v) is 7.69. The van der Waals surface area contributed by atoms with Crippen LogP contribution in [0.2, 0.25) is 0 Å². The standard InChI is InChI=1S/C22H26O2/c1-3-19-15-9-11-16(13-15)22(19,4-2)21(24)18-12-10-14-7-5-6-8-17(14)20(18)23/h5-8,10,12,15-16,19,23H,3-4,9,11,13H2,1-2H3. The van der Waals surface area contributed by atoms with E-state index in [-0.39, 0.29) is 16.9 Å². The van der Waals surface area contributed by atoms with Gasteiger partial charge in [-0.3, -0.25) is 4.79 Å². The smallest absolute Gasteiger partial charge is 0.173 e. The van der Waals surface area contributed by atoms with Gasteiger partial charge in [0, 0.05) is 10.8 Å². The minimum atomic E-state index is -0.266. The molecule has 2 aromatic carbocycles. The van der Waals surface area contributed by atoms with Crippen molar-refractivity contribution in [2.24, 2.45) is 23.2 Å². The molecule has 0 aromatic heterocycles. The van der Waals surface area contributed by atoms with Crippen LogP contribution in [0.15, 0.2) is 36.4 Å². The first-order chi connectivity index (χ1) is 11.6. The van der Waals surface area contributed by atoms with Crippen LogP contribution in [0, 0.1) is 23.2 Å². The zero-order valence-electron chi connectivity index (χ0n) is 14.6. The third-order valence-corrected chi connectivity index (χ3v) is 7.03. The second kappa shape index (κ2) is 5.61. The van der Waals surface area contributed by atoms with Crippen molar-refractivity contribution in [1.82, 2.24) is 0 Å². The fraction of sp³-hybridized carbons (Fsp3) is 0.500. The first kappa shape index (κ1) is 15.7. The minimum absolute atomic E-state index is 0.170. The zero-order valence-corrected chi connectivity index (χ0v) is 14.6. The van der Waals surface area contributed by atoms with Gasteiger partial charge in [-0.15, -0.1) is 0 Å².